The third-order valence-corrected chi connectivity index (χ3v) is 9.36. The highest BCUT2D eigenvalue weighted by Gasteiger charge is 2.19. The van der Waals surface area contributed by atoms with Crippen LogP contribution in [0.25, 0.3) is 10.9 Å². The molecule has 282 valence electrons. The number of aromatic nitrogens is 1. The molecule has 1 aromatic heterocycles. The molecule has 0 aliphatic heterocycles. The Bertz CT molecular complexity index is 2280. The minimum Gasteiger partial charge on any atom is -0.506 e. The first kappa shape index (κ1) is 38.3. The number of aryl methyl sites for hydroxylation is 1. The molecule has 0 spiro atoms. The predicted molar refractivity (Wildman–Crippen MR) is 211 cm³/mol. The summed E-state index contributed by atoms with van der Waals surface area (Å²) >= 11 is 0. The molecule has 0 aliphatic carbocycles. The molecule has 1 unspecified atom stereocenters. The zero-order valence-corrected chi connectivity index (χ0v) is 30.4. The molecule has 0 aliphatic rings. The van der Waals surface area contributed by atoms with E-state index in [1.54, 1.807) is 24.3 Å². The normalized spacial score (nSPS) is 12.2. The van der Waals surface area contributed by atoms with Crippen LogP contribution in [-0.2, 0) is 13.2 Å². The number of hydrogen-bond acceptors (Lipinski definition) is 7. The SMILES string of the molecule is Cc1ccc(CN(CCCNC[C@@H](O)c2ccc(O)c3[nH]c(=O)ccc23)C(=O)c2ccc(COc3cccc(C(NC(=O)O)c4ccccc4)c3)cc2)cc1. The van der Waals surface area contributed by atoms with Crippen LogP contribution in [0.5, 0.6) is 11.5 Å². The lowest BCUT2D eigenvalue weighted by Gasteiger charge is -2.24. The summed E-state index contributed by atoms with van der Waals surface area (Å²) < 4.78 is 6.09. The van der Waals surface area contributed by atoms with E-state index in [0.29, 0.717) is 48.3 Å². The molecule has 1 heterocycles. The molecule has 0 saturated heterocycles. The predicted octanol–water partition coefficient (Wildman–Crippen LogP) is 6.83. The maximum atomic E-state index is 13.9. The van der Waals surface area contributed by atoms with E-state index >= 15 is 0 Å². The number of carboxylic acid groups (broad SMARTS) is 1. The minimum absolute atomic E-state index is 0.0645. The lowest BCUT2D eigenvalue weighted by atomic mass is 9.98. The molecule has 2 amide bonds. The average molecular weight is 741 g/mol. The van der Waals surface area contributed by atoms with Crippen molar-refractivity contribution in [1.29, 1.82) is 0 Å². The van der Waals surface area contributed by atoms with Crippen molar-refractivity contribution in [2.45, 2.75) is 38.6 Å². The number of aliphatic hydroxyl groups is 1. The van der Waals surface area contributed by atoms with Gasteiger partial charge in [-0.3, -0.25) is 9.59 Å². The fourth-order valence-corrected chi connectivity index (χ4v) is 6.46. The molecule has 11 nitrogen and oxygen atoms in total. The number of carbonyl (C=O) groups excluding carboxylic acids is 1. The van der Waals surface area contributed by atoms with Crippen molar-refractivity contribution in [2.75, 3.05) is 19.6 Å². The van der Waals surface area contributed by atoms with E-state index in [2.05, 4.69) is 15.6 Å². The van der Waals surface area contributed by atoms with Crippen molar-refractivity contribution in [3.63, 3.8) is 0 Å². The summed E-state index contributed by atoms with van der Waals surface area (Å²) in [6, 6.07) is 37.6. The fraction of sp³-hybridized carbons (Fsp3) is 0.205. The van der Waals surface area contributed by atoms with Gasteiger partial charge < -0.3 is 40.6 Å². The number of aromatic amines is 1. The summed E-state index contributed by atoms with van der Waals surface area (Å²) in [4.78, 5) is 41.7. The molecular weight excluding hydrogens is 697 g/mol. The van der Waals surface area contributed by atoms with Crippen LogP contribution in [0.15, 0.2) is 132 Å². The van der Waals surface area contributed by atoms with Gasteiger partial charge in [0, 0.05) is 36.7 Å². The van der Waals surface area contributed by atoms with Crippen LogP contribution in [-0.4, -0.2) is 56.8 Å². The van der Waals surface area contributed by atoms with Crippen molar-refractivity contribution in [1.82, 2.24) is 20.5 Å². The minimum atomic E-state index is -1.12. The molecule has 5 aromatic carbocycles. The van der Waals surface area contributed by atoms with Gasteiger partial charge in [-0.05, 0) is 84.1 Å². The summed E-state index contributed by atoms with van der Waals surface area (Å²) in [5.41, 5.74) is 5.64. The van der Waals surface area contributed by atoms with E-state index in [0.717, 1.165) is 27.8 Å². The number of nitrogens with one attached hydrogen (secondary N) is 3. The van der Waals surface area contributed by atoms with Crippen LogP contribution in [0.2, 0.25) is 0 Å². The van der Waals surface area contributed by atoms with Crippen molar-refractivity contribution in [2.24, 2.45) is 0 Å². The number of phenols is 1. The first-order chi connectivity index (χ1) is 26.6. The molecule has 2 atom stereocenters. The quantitative estimate of drug-likeness (QED) is 0.0588. The maximum absolute atomic E-state index is 13.9. The molecule has 6 aromatic rings. The summed E-state index contributed by atoms with van der Waals surface area (Å²) in [5, 5.41) is 37.0. The topological polar surface area (TPSA) is 164 Å². The number of amides is 2. The van der Waals surface area contributed by atoms with Crippen LogP contribution in [0.1, 0.15) is 62.3 Å². The zero-order valence-electron chi connectivity index (χ0n) is 30.4. The van der Waals surface area contributed by atoms with Gasteiger partial charge >= 0.3 is 6.09 Å². The molecule has 6 N–H and O–H groups in total. The number of hydrogen-bond donors (Lipinski definition) is 6. The monoisotopic (exact) mass is 740 g/mol. The second-order valence-electron chi connectivity index (χ2n) is 13.4. The lowest BCUT2D eigenvalue weighted by Crippen LogP contribution is -2.33. The standard InChI is InChI=1S/C44H44N4O7/c1-29-11-13-30(14-12-29)27-48(24-6-23-45-26-39(50)36-19-21-38(49)42-37(36)20-22-40(51)46-42)43(52)33-17-15-31(16-18-33)28-55-35-10-5-9-34(25-35)41(47-44(53)54)32-7-3-2-4-8-32/h2-5,7-22,25,39,41,45,47,49-50H,6,23-24,26-28H2,1H3,(H,46,51)(H,53,54)/t39-,41?/m1/s1. The number of rotatable bonds is 16. The number of benzene rings is 5. The number of pyridine rings is 1. The van der Waals surface area contributed by atoms with Gasteiger partial charge in [0.15, 0.2) is 0 Å². The third kappa shape index (κ3) is 10.2. The summed E-state index contributed by atoms with van der Waals surface area (Å²) in [6.45, 7) is 3.96. The molecule has 6 rings (SSSR count). The second-order valence-corrected chi connectivity index (χ2v) is 13.4. The number of ether oxygens (including phenoxy) is 1. The van der Waals surface area contributed by atoms with Crippen LogP contribution in [0.3, 0.4) is 0 Å². The molecule has 0 bridgehead atoms. The van der Waals surface area contributed by atoms with Gasteiger partial charge in [0.05, 0.1) is 17.7 Å². The van der Waals surface area contributed by atoms with Crippen molar-refractivity contribution < 1.29 is 29.6 Å². The van der Waals surface area contributed by atoms with Crippen LogP contribution in [0, 0.1) is 6.92 Å². The molecule has 11 heteroatoms. The Hall–Kier alpha value is -6.43. The Morgan fingerprint density at radius 2 is 1.56 bits per heavy atom. The van der Waals surface area contributed by atoms with Gasteiger partial charge in [-0.1, -0.05) is 90.5 Å². The number of fused-ring (bicyclic) bond motifs is 1. The average Bonchev–Trinajstić information content (AvgIpc) is 3.20. The number of carbonyl (C=O) groups is 2. The highest BCUT2D eigenvalue weighted by atomic mass is 16.5. The van der Waals surface area contributed by atoms with Crippen molar-refractivity contribution >= 4 is 22.9 Å². The van der Waals surface area contributed by atoms with Gasteiger partial charge in [-0.2, -0.15) is 0 Å². The Morgan fingerprint density at radius 3 is 2.31 bits per heavy atom. The number of nitrogens with zero attached hydrogens (tertiary/aromatic N) is 1. The first-order valence-corrected chi connectivity index (χ1v) is 18.1. The summed E-state index contributed by atoms with van der Waals surface area (Å²) in [5.74, 6) is 0.414. The Kier molecular flexibility index (Phi) is 12.6. The first-order valence-electron chi connectivity index (χ1n) is 18.1. The van der Waals surface area contributed by atoms with Gasteiger partial charge in [-0.15, -0.1) is 0 Å². The van der Waals surface area contributed by atoms with Gasteiger partial charge in [0.25, 0.3) is 5.91 Å². The zero-order chi connectivity index (χ0) is 38.7. The molecule has 0 saturated carbocycles. The Morgan fingerprint density at radius 1 is 0.836 bits per heavy atom. The Balaban J connectivity index is 1.07. The molecular formula is C44H44N4O7. The smallest absolute Gasteiger partial charge is 0.405 e. The summed E-state index contributed by atoms with van der Waals surface area (Å²) in [7, 11) is 0. The van der Waals surface area contributed by atoms with Gasteiger partial charge in [0.1, 0.15) is 18.1 Å². The van der Waals surface area contributed by atoms with Crippen molar-refractivity contribution in [3.8, 4) is 11.5 Å². The fourth-order valence-electron chi connectivity index (χ4n) is 6.46. The third-order valence-electron chi connectivity index (χ3n) is 9.36. The molecule has 0 fully saturated rings. The Labute approximate surface area is 318 Å². The van der Waals surface area contributed by atoms with E-state index < -0.39 is 18.2 Å². The lowest BCUT2D eigenvalue weighted by molar-refractivity contribution is 0.0740. The second kappa shape index (κ2) is 18.1. The number of phenolic OH excluding ortho intramolecular Hbond substituents is 1. The maximum Gasteiger partial charge on any atom is 0.405 e. The highest BCUT2D eigenvalue weighted by molar-refractivity contribution is 5.94. The van der Waals surface area contributed by atoms with Gasteiger partial charge in [0.2, 0.25) is 5.56 Å². The van der Waals surface area contributed by atoms with Crippen LogP contribution in [0.4, 0.5) is 4.79 Å². The van der Waals surface area contributed by atoms with E-state index in [9.17, 15) is 29.7 Å². The van der Waals surface area contributed by atoms with E-state index in [1.807, 2.05) is 103 Å². The van der Waals surface area contributed by atoms with E-state index in [-0.39, 0.29) is 35.9 Å². The highest BCUT2D eigenvalue weighted by Crippen LogP contribution is 2.29. The number of H-pyrrole nitrogens is 1. The van der Waals surface area contributed by atoms with E-state index in [1.165, 1.54) is 12.1 Å². The number of aliphatic hydroxyl groups excluding tert-OH is 1. The summed E-state index contributed by atoms with van der Waals surface area (Å²) in [6.07, 6.45) is -1.38. The largest absolute Gasteiger partial charge is 0.506 e. The number of aromatic hydroxyl groups is 1. The van der Waals surface area contributed by atoms with Crippen LogP contribution >= 0.6 is 0 Å². The van der Waals surface area contributed by atoms with Gasteiger partial charge in [-0.25, -0.2) is 4.79 Å². The van der Waals surface area contributed by atoms with Crippen molar-refractivity contribution in [3.05, 3.63) is 177 Å². The van der Waals surface area contributed by atoms with Crippen LogP contribution < -0.4 is 20.9 Å². The molecule has 0 radical (unpaired) electrons. The van der Waals surface area contributed by atoms with E-state index in [4.69, 9.17) is 4.74 Å². The molecule has 55 heavy (non-hydrogen) atoms.